The number of allylic oxidation sites excluding steroid dienone is 2. The first-order chi connectivity index (χ1) is 9.18. The van der Waals surface area contributed by atoms with Crippen molar-refractivity contribution in [2.24, 2.45) is 28.6 Å². The summed E-state index contributed by atoms with van der Waals surface area (Å²) in [4.78, 5) is 23.6. The first-order valence-corrected chi connectivity index (χ1v) is 7.60. The molecule has 3 nitrogen and oxygen atoms in total. The van der Waals surface area contributed by atoms with Crippen molar-refractivity contribution in [2.45, 2.75) is 53.6 Å². The molecule has 0 bridgehead atoms. The summed E-state index contributed by atoms with van der Waals surface area (Å²) >= 11 is 0. The molecule has 3 heteroatoms. The van der Waals surface area contributed by atoms with E-state index in [4.69, 9.17) is 4.74 Å². The second kappa shape index (κ2) is 3.96. The van der Waals surface area contributed by atoms with Gasteiger partial charge in [0, 0.05) is 29.6 Å². The molecule has 0 heterocycles. The predicted octanol–water partition coefficient (Wildman–Crippen LogP) is 3.14. The van der Waals surface area contributed by atoms with Crippen LogP contribution in [0.25, 0.3) is 0 Å². The Hall–Kier alpha value is -1.12. The highest BCUT2D eigenvalue weighted by Crippen LogP contribution is 2.67. The van der Waals surface area contributed by atoms with Gasteiger partial charge in [-0.05, 0) is 24.8 Å². The minimum absolute atomic E-state index is 0.000894. The monoisotopic (exact) mass is 276 g/mol. The van der Waals surface area contributed by atoms with E-state index >= 15 is 0 Å². The van der Waals surface area contributed by atoms with Crippen molar-refractivity contribution in [3.63, 3.8) is 0 Å². The third-order valence-electron chi connectivity index (χ3n) is 6.19. The van der Waals surface area contributed by atoms with Gasteiger partial charge in [0.05, 0.1) is 0 Å². The number of fused-ring (bicyclic) bond motifs is 3. The Morgan fingerprint density at radius 2 is 2.00 bits per heavy atom. The van der Waals surface area contributed by atoms with Gasteiger partial charge in [0.25, 0.3) is 0 Å². The predicted molar refractivity (Wildman–Crippen MR) is 75.9 cm³/mol. The molecule has 3 rings (SSSR count). The van der Waals surface area contributed by atoms with Crippen molar-refractivity contribution < 1.29 is 14.3 Å². The maximum atomic E-state index is 12.1. The van der Waals surface area contributed by atoms with Crippen molar-refractivity contribution in [3.05, 3.63) is 11.6 Å². The van der Waals surface area contributed by atoms with Crippen molar-refractivity contribution >= 4 is 11.8 Å². The number of esters is 1. The molecule has 0 aromatic rings. The van der Waals surface area contributed by atoms with Crippen LogP contribution in [0.2, 0.25) is 0 Å². The smallest absolute Gasteiger partial charge is 0.302 e. The van der Waals surface area contributed by atoms with E-state index in [-0.39, 0.29) is 40.5 Å². The summed E-state index contributed by atoms with van der Waals surface area (Å²) in [6, 6.07) is 0. The number of carbonyl (C=O) groups is 2. The average Bonchev–Trinajstić information content (AvgIpc) is 2.78. The van der Waals surface area contributed by atoms with Gasteiger partial charge in [0.2, 0.25) is 0 Å². The van der Waals surface area contributed by atoms with Crippen LogP contribution in [0.5, 0.6) is 0 Å². The fraction of sp³-hybridized carbons (Fsp3) is 0.765. The molecular weight excluding hydrogens is 252 g/mol. The number of ketones is 1. The maximum absolute atomic E-state index is 12.1. The highest BCUT2D eigenvalue weighted by molar-refractivity contribution is 5.96. The molecule has 0 unspecified atom stereocenters. The van der Waals surface area contributed by atoms with E-state index in [9.17, 15) is 9.59 Å². The minimum Gasteiger partial charge on any atom is -0.462 e. The van der Waals surface area contributed by atoms with Crippen LogP contribution in [0.3, 0.4) is 0 Å². The number of hydrogen-bond donors (Lipinski definition) is 0. The van der Waals surface area contributed by atoms with E-state index in [1.807, 2.05) is 13.0 Å². The fourth-order valence-corrected chi connectivity index (χ4v) is 5.16. The molecule has 3 aliphatic rings. The summed E-state index contributed by atoms with van der Waals surface area (Å²) in [5.41, 5.74) is 1.17. The molecule has 0 spiro atoms. The van der Waals surface area contributed by atoms with Gasteiger partial charge in [-0.25, -0.2) is 0 Å². The normalized spacial score (nSPS) is 45.0. The van der Waals surface area contributed by atoms with Crippen molar-refractivity contribution in [1.82, 2.24) is 0 Å². The number of rotatable bonds is 1. The van der Waals surface area contributed by atoms with Gasteiger partial charge in [-0.15, -0.1) is 0 Å². The standard InChI is InChI=1S/C17H24O3/c1-9-13(19)7-12-6-11-8-16(3,4)15(20-10(2)18)14(11)17(9,12)5/h7,9,11,14-15H,6,8H2,1-5H3/t9-,11-,14-,15+,17+/m0/s1. The van der Waals surface area contributed by atoms with Crippen LogP contribution >= 0.6 is 0 Å². The van der Waals surface area contributed by atoms with Crippen LogP contribution < -0.4 is 0 Å². The highest BCUT2D eigenvalue weighted by Gasteiger charge is 2.65. The van der Waals surface area contributed by atoms with E-state index in [2.05, 4.69) is 20.8 Å². The zero-order valence-electron chi connectivity index (χ0n) is 13.0. The Bertz CT molecular complexity index is 516. The maximum Gasteiger partial charge on any atom is 0.302 e. The van der Waals surface area contributed by atoms with Gasteiger partial charge < -0.3 is 4.74 Å². The molecule has 0 aromatic carbocycles. The lowest BCUT2D eigenvalue weighted by Gasteiger charge is -2.40. The van der Waals surface area contributed by atoms with Crippen LogP contribution in [0.15, 0.2) is 11.6 Å². The number of carbonyl (C=O) groups excluding carboxylic acids is 2. The molecule has 110 valence electrons. The van der Waals surface area contributed by atoms with Gasteiger partial charge in [0.1, 0.15) is 6.10 Å². The first-order valence-electron chi connectivity index (χ1n) is 7.60. The molecule has 0 amide bonds. The van der Waals surface area contributed by atoms with Crippen molar-refractivity contribution in [2.75, 3.05) is 0 Å². The number of ether oxygens (including phenoxy) is 1. The van der Waals surface area contributed by atoms with E-state index in [0.717, 1.165) is 12.8 Å². The Balaban J connectivity index is 2.03. The largest absolute Gasteiger partial charge is 0.462 e. The van der Waals surface area contributed by atoms with Crippen molar-refractivity contribution in [1.29, 1.82) is 0 Å². The summed E-state index contributed by atoms with van der Waals surface area (Å²) in [5.74, 6) is 0.878. The second-order valence-corrected chi connectivity index (χ2v) is 7.79. The second-order valence-electron chi connectivity index (χ2n) is 7.79. The zero-order chi connectivity index (χ0) is 14.9. The Morgan fingerprint density at radius 3 is 2.60 bits per heavy atom. The molecule has 0 aliphatic heterocycles. The van der Waals surface area contributed by atoms with E-state index < -0.39 is 0 Å². The molecular formula is C17H24O3. The SMILES string of the molecule is CC(=O)O[C@@H]1[C@@H]2[C@@H](CC3=CC(=O)[C@H](C)[C@]32C)CC1(C)C. The molecule has 2 saturated carbocycles. The molecule has 2 fully saturated rings. The molecule has 0 radical (unpaired) electrons. The van der Waals surface area contributed by atoms with Crippen LogP contribution in [0.4, 0.5) is 0 Å². The molecule has 5 atom stereocenters. The molecule has 0 saturated heterocycles. The molecule has 3 aliphatic carbocycles. The quantitative estimate of drug-likeness (QED) is 0.691. The summed E-state index contributed by atoms with van der Waals surface area (Å²) in [6.45, 7) is 10.1. The Kier molecular flexibility index (Phi) is 2.74. The molecule has 20 heavy (non-hydrogen) atoms. The van der Waals surface area contributed by atoms with Gasteiger partial charge in [-0.3, -0.25) is 9.59 Å². The van der Waals surface area contributed by atoms with Crippen LogP contribution in [0.1, 0.15) is 47.5 Å². The third kappa shape index (κ3) is 1.58. The Morgan fingerprint density at radius 1 is 1.35 bits per heavy atom. The van der Waals surface area contributed by atoms with Gasteiger partial charge in [-0.1, -0.05) is 33.3 Å². The number of hydrogen-bond acceptors (Lipinski definition) is 3. The molecule has 0 aromatic heterocycles. The van der Waals surface area contributed by atoms with Crippen LogP contribution in [0, 0.1) is 28.6 Å². The highest BCUT2D eigenvalue weighted by atomic mass is 16.5. The lowest BCUT2D eigenvalue weighted by atomic mass is 9.67. The van der Waals surface area contributed by atoms with Crippen LogP contribution in [-0.2, 0) is 14.3 Å². The average molecular weight is 276 g/mol. The first kappa shape index (κ1) is 13.8. The Labute approximate surface area is 120 Å². The fourth-order valence-electron chi connectivity index (χ4n) is 5.16. The van der Waals surface area contributed by atoms with E-state index in [1.165, 1.54) is 12.5 Å². The third-order valence-corrected chi connectivity index (χ3v) is 6.19. The van der Waals surface area contributed by atoms with E-state index in [0.29, 0.717) is 5.92 Å². The lowest BCUT2D eigenvalue weighted by molar-refractivity contribution is -0.156. The minimum atomic E-state index is -0.207. The molecule has 0 N–H and O–H groups in total. The van der Waals surface area contributed by atoms with Crippen LogP contribution in [-0.4, -0.2) is 17.9 Å². The van der Waals surface area contributed by atoms with E-state index in [1.54, 1.807) is 0 Å². The topological polar surface area (TPSA) is 43.4 Å². The summed E-state index contributed by atoms with van der Waals surface area (Å²) in [5, 5.41) is 0. The van der Waals surface area contributed by atoms with Gasteiger partial charge in [-0.2, -0.15) is 0 Å². The van der Waals surface area contributed by atoms with Gasteiger partial charge >= 0.3 is 5.97 Å². The summed E-state index contributed by atoms with van der Waals surface area (Å²) in [7, 11) is 0. The summed E-state index contributed by atoms with van der Waals surface area (Å²) in [6.07, 6.45) is 3.86. The van der Waals surface area contributed by atoms with Gasteiger partial charge in [0.15, 0.2) is 5.78 Å². The van der Waals surface area contributed by atoms with Crippen molar-refractivity contribution in [3.8, 4) is 0 Å². The zero-order valence-corrected chi connectivity index (χ0v) is 13.0. The lowest BCUT2D eigenvalue weighted by Crippen LogP contribution is -2.42. The summed E-state index contributed by atoms with van der Waals surface area (Å²) < 4.78 is 5.72.